The molecule has 0 radical (unpaired) electrons. The van der Waals surface area contributed by atoms with Gasteiger partial charge < -0.3 is 14.8 Å². The number of hydrogen-bond donors (Lipinski definition) is 1. The topological polar surface area (TPSA) is 101 Å². The maximum atomic E-state index is 11.3. The standard InChI is InChI=1S/C17H22N4O4/c18-10-13-1-2-15(16(9-13)21(22)23)19-11-17(14-3-6-25-12-14)20-4-7-24-8-5-20/h1-2,9,14,17,19H,3-8,11-12H2. The monoisotopic (exact) mass is 346 g/mol. The third-order valence-corrected chi connectivity index (χ3v) is 4.85. The predicted octanol–water partition coefficient (Wildman–Crippen LogP) is 1.62. The van der Waals surface area contributed by atoms with Crippen LogP contribution in [0.15, 0.2) is 18.2 Å². The van der Waals surface area contributed by atoms with Gasteiger partial charge in [-0.1, -0.05) is 0 Å². The molecule has 0 amide bonds. The van der Waals surface area contributed by atoms with Crippen LogP contribution in [0.4, 0.5) is 11.4 Å². The Morgan fingerprint density at radius 1 is 1.36 bits per heavy atom. The highest BCUT2D eigenvalue weighted by Gasteiger charge is 2.31. The Bertz CT molecular complexity index is 649. The largest absolute Gasteiger partial charge is 0.381 e. The second-order valence-electron chi connectivity index (χ2n) is 6.32. The minimum Gasteiger partial charge on any atom is -0.381 e. The van der Waals surface area contributed by atoms with E-state index in [4.69, 9.17) is 14.7 Å². The van der Waals surface area contributed by atoms with Gasteiger partial charge in [0, 0.05) is 44.3 Å². The predicted molar refractivity (Wildman–Crippen MR) is 91.4 cm³/mol. The summed E-state index contributed by atoms with van der Waals surface area (Å²) in [5.74, 6) is 0.406. The molecule has 25 heavy (non-hydrogen) atoms. The fourth-order valence-electron chi connectivity index (χ4n) is 3.48. The number of nitro benzene ring substituents is 1. The number of benzene rings is 1. The van der Waals surface area contributed by atoms with Crippen molar-refractivity contribution in [3.8, 4) is 6.07 Å². The molecule has 0 aromatic heterocycles. The van der Waals surface area contributed by atoms with E-state index < -0.39 is 4.92 Å². The minimum absolute atomic E-state index is 0.0672. The van der Waals surface area contributed by atoms with Crippen LogP contribution >= 0.6 is 0 Å². The van der Waals surface area contributed by atoms with Crippen molar-refractivity contribution < 1.29 is 14.4 Å². The Kier molecular flexibility index (Phi) is 5.81. The second-order valence-corrected chi connectivity index (χ2v) is 6.32. The Labute approximate surface area is 146 Å². The molecule has 2 aliphatic rings. The van der Waals surface area contributed by atoms with Gasteiger partial charge in [0.25, 0.3) is 5.69 Å². The molecule has 0 spiro atoms. The van der Waals surface area contributed by atoms with E-state index in [0.29, 0.717) is 31.4 Å². The fraction of sp³-hybridized carbons (Fsp3) is 0.588. The van der Waals surface area contributed by atoms with E-state index in [-0.39, 0.29) is 17.3 Å². The molecule has 8 heteroatoms. The normalized spacial score (nSPS) is 22.3. The first kappa shape index (κ1) is 17.6. The highest BCUT2D eigenvalue weighted by molar-refractivity contribution is 5.64. The Morgan fingerprint density at radius 3 is 2.80 bits per heavy atom. The van der Waals surface area contributed by atoms with Crippen LogP contribution in [0.1, 0.15) is 12.0 Å². The number of anilines is 1. The summed E-state index contributed by atoms with van der Waals surface area (Å²) in [4.78, 5) is 13.2. The average Bonchev–Trinajstić information content (AvgIpc) is 3.17. The van der Waals surface area contributed by atoms with Crippen LogP contribution in [-0.2, 0) is 9.47 Å². The molecule has 3 rings (SSSR count). The van der Waals surface area contributed by atoms with E-state index in [1.807, 2.05) is 6.07 Å². The van der Waals surface area contributed by atoms with Gasteiger partial charge in [-0.05, 0) is 18.6 Å². The number of morpholine rings is 1. The summed E-state index contributed by atoms with van der Waals surface area (Å²) in [5, 5.41) is 23.5. The van der Waals surface area contributed by atoms with Gasteiger partial charge in [0.1, 0.15) is 5.69 Å². The maximum absolute atomic E-state index is 11.3. The zero-order chi connectivity index (χ0) is 17.6. The van der Waals surface area contributed by atoms with E-state index in [0.717, 1.165) is 32.7 Å². The highest BCUT2D eigenvalue weighted by Crippen LogP contribution is 2.27. The van der Waals surface area contributed by atoms with Gasteiger partial charge in [-0.25, -0.2) is 0 Å². The van der Waals surface area contributed by atoms with Crippen molar-refractivity contribution in [3.63, 3.8) is 0 Å². The zero-order valence-electron chi connectivity index (χ0n) is 14.0. The van der Waals surface area contributed by atoms with Crippen molar-refractivity contribution in [2.45, 2.75) is 12.5 Å². The van der Waals surface area contributed by atoms with Crippen molar-refractivity contribution in [2.24, 2.45) is 5.92 Å². The summed E-state index contributed by atoms with van der Waals surface area (Å²) in [7, 11) is 0. The molecule has 0 saturated carbocycles. The van der Waals surface area contributed by atoms with E-state index in [1.54, 1.807) is 12.1 Å². The molecule has 2 saturated heterocycles. The first-order valence-electron chi connectivity index (χ1n) is 8.51. The molecule has 8 nitrogen and oxygen atoms in total. The highest BCUT2D eigenvalue weighted by atomic mass is 16.6. The lowest BCUT2D eigenvalue weighted by Gasteiger charge is -2.37. The number of hydrogen-bond acceptors (Lipinski definition) is 7. The van der Waals surface area contributed by atoms with Gasteiger partial charge in [0.05, 0.1) is 36.4 Å². The number of nitriles is 1. The first-order valence-corrected chi connectivity index (χ1v) is 8.51. The van der Waals surface area contributed by atoms with Gasteiger partial charge in [-0.3, -0.25) is 15.0 Å². The molecule has 1 aromatic rings. The van der Waals surface area contributed by atoms with Crippen LogP contribution < -0.4 is 5.32 Å². The fourth-order valence-corrected chi connectivity index (χ4v) is 3.48. The Morgan fingerprint density at radius 2 is 2.16 bits per heavy atom. The maximum Gasteiger partial charge on any atom is 0.293 e. The molecule has 0 aliphatic carbocycles. The van der Waals surface area contributed by atoms with Crippen LogP contribution in [0.5, 0.6) is 0 Å². The summed E-state index contributed by atoms with van der Waals surface area (Å²) < 4.78 is 11.0. The molecule has 2 unspecified atom stereocenters. The van der Waals surface area contributed by atoms with Gasteiger partial charge in [0.2, 0.25) is 0 Å². The lowest BCUT2D eigenvalue weighted by atomic mass is 9.96. The van der Waals surface area contributed by atoms with Crippen LogP contribution in [0.3, 0.4) is 0 Å². The minimum atomic E-state index is -0.453. The summed E-state index contributed by atoms with van der Waals surface area (Å²) >= 11 is 0. The lowest BCUT2D eigenvalue weighted by Crippen LogP contribution is -2.50. The van der Waals surface area contributed by atoms with Gasteiger partial charge in [-0.15, -0.1) is 0 Å². The molecule has 134 valence electrons. The summed E-state index contributed by atoms with van der Waals surface area (Å²) in [6.45, 7) is 5.22. The van der Waals surface area contributed by atoms with Crippen LogP contribution in [0, 0.1) is 27.4 Å². The zero-order valence-corrected chi connectivity index (χ0v) is 14.0. The molecular weight excluding hydrogens is 324 g/mol. The van der Waals surface area contributed by atoms with Crippen LogP contribution in [-0.4, -0.2) is 61.9 Å². The van der Waals surface area contributed by atoms with E-state index >= 15 is 0 Å². The van der Waals surface area contributed by atoms with Crippen LogP contribution in [0.2, 0.25) is 0 Å². The van der Waals surface area contributed by atoms with E-state index in [2.05, 4.69) is 10.2 Å². The molecule has 2 heterocycles. The Balaban J connectivity index is 1.74. The second kappa shape index (κ2) is 8.25. The third kappa shape index (κ3) is 4.25. The molecular formula is C17H22N4O4. The number of nitrogens with one attached hydrogen (secondary N) is 1. The number of ether oxygens (including phenoxy) is 2. The number of nitro groups is 1. The molecule has 1 aromatic carbocycles. The quantitative estimate of drug-likeness (QED) is 0.617. The van der Waals surface area contributed by atoms with Crippen molar-refractivity contribution in [3.05, 3.63) is 33.9 Å². The Hall–Kier alpha value is -2.21. The molecule has 2 atom stereocenters. The van der Waals surface area contributed by atoms with Crippen LogP contribution in [0.25, 0.3) is 0 Å². The van der Waals surface area contributed by atoms with E-state index in [9.17, 15) is 10.1 Å². The van der Waals surface area contributed by atoms with Gasteiger partial charge in [-0.2, -0.15) is 5.26 Å². The van der Waals surface area contributed by atoms with Gasteiger partial charge >= 0.3 is 0 Å². The van der Waals surface area contributed by atoms with Crippen molar-refractivity contribution in [2.75, 3.05) is 51.4 Å². The summed E-state index contributed by atoms with van der Waals surface area (Å²) in [6.07, 6.45) is 0.999. The number of rotatable bonds is 6. The smallest absolute Gasteiger partial charge is 0.293 e. The lowest BCUT2D eigenvalue weighted by molar-refractivity contribution is -0.384. The van der Waals surface area contributed by atoms with Crippen molar-refractivity contribution >= 4 is 11.4 Å². The summed E-state index contributed by atoms with van der Waals surface area (Å²) in [5.41, 5.74) is 0.662. The molecule has 1 N–H and O–H groups in total. The van der Waals surface area contributed by atoms with Gasteiger partial charge in [0.15, 0.2) is 0 Å². The first-order chi connectivity index (χ1) is 12.2. The molecule has 2 fully saturated rings. The third-order valence-electron chi connectivity index (χ3n) is 4.85. The SMILES string of the molecule is N#Cc1ccc(NCC(C2CCOC2)N2CCOCC2)c([N+](=O)[O-])c1. The molecule has 0 bridgehead atoms. The number of nitrogens with zero attached hydrogens (tertiary/aromatic N) is 3. The summed E-state index contributed by atoms with van der Waals surface area (Å²) in [6, 6.07) is 6.69. The van der Waals surface area contributed by atoms with E-state index in [1.165, 1.54) is 6.07 Å². The average molecular weight is 346 g/mol. The van der Waals surface area contributed by atoms with Crippen molar-refractivity contribution in [1.29, 1.82) is 5.26 Å². The molecule has 2 aliphatic heterocycles. The van der Waals surface area contributed by atoms with Crippen molar-refractivity contribution in [1.82, 2.24) is 4.90 Å².